The van der Waals surface area contributed by atoms with Gasteiger partial charge < -0.3 is 5.11 Å². The Kier molecular flexibility index (Phi) is 3.13. The van der Waals surface area contributed by atoms with E-state index in [-0.39, 0.29) is 11.8 Å². The van der Waals surface area contributed by atoms with E-state index in [1.807, 2.05) is 0 Å². The molecule has 1 fully saturated rings. The Morgan fingerprint density at radius 3 is 2.65 bits per heavy atom. The molecule has 0 saturated heterocycles. The third-order valence-corrected chi connectivity index (χ3v) is 3.68. The summed E-state index contributed by atoms with van der Waals surface area (Å²) in [5.41, 5.74) is 1.05. The smallest absolute Gasteiger partial charge is 0.304 e. The lowest BCUT2D eigenvalue weighted by Gasteiger charge is -2.16. The summed E-state index contributed by atoms with van der Waals surface area (Å²) in [5, 5.41) is 9.36. The zero-order valence-electron chi connectivity index (χ0n) is 9.54. The molecule has 1 aromatic rings. The van der Waals surface area contributed by atoms with Crippen LogP contribution in [-0.2, 0) is 10.2 Å². The number of benzene rings is 1. The second kappa shape index (κ2) is 4.30. The van der Waals surface area contributed by atoms with Gasteiger partial charge in [0, 0.05) is 10.4 Å². The minimum Gasteiger partial charge on any atom is -0.481 e. The van der Waals surface area contributed by atoms with Crippen molar-refractivity contribution in [3.63, 3.8) is 0 Å². The molecular weight excluding hydrogens is 243 g/mol. The summed E-state index contributed by atoms with van der Waals surface area (Å²) in [6.45, 7) is 1.45. The Bertz CT molecular complexity index is 453. The van der Waals surface area contributed by atoms with Crippen LogP contribution in [0.15, 0.2) is 18.2 Å². The van der Waals surface area contributed by atoms with E-state index in [9.17, 15) is 9.18 Å². The normalized spacial score (nSPS) is 18.8. The number of hydrogen-bond donors (Lipinski definition) is 1. The summed E-state index contributed by atoms with van der Waals surface area (Å²) in [4.78, 5) is 10.8. The van der Waals surface area contributed by atoms with E-state index >= 15 is 0 Å². The van der Waals surface area contributed by atoms with Crippen LogP contribution >= 0.6 is 11.6 Å². The van der Waals surface area contributed by atoms with Crippen molar-refractivity contribution < 1.29 is 14.3 Å². The van der Waals surface area contributed by atoms with Crippen molar-refractivity contribution >= 4 is 17.6 Å². The molecule has 0 heterocycles. The zero-order chi connectivity index (χ0) is 12.6. The highest BCUT2D eigenvalue weighted by molar-refractivity contribution is 6.31. The Balaban J connectivity index is 2.31. The molecule has 0 aromatic heterocycles. The Hall–Kier alpha value is -1.09. The van der Waals surface area contributed by atoms with Gasteiger partial charge in [-0.2, -0.15) is 0 Å². The molecule has 0 amide bonds. The highest BCUT2D eigenvalue weighted by Crippen LogP contribution is 2.53. The fourth-order valence-electron chi connectivity index (χ4n) is 2.19. The van der Waals surface area contributed by atoms with Crippen LogP contribution in [0.3, 0.4) is 0 Å². The Labute approximate surface area is 104 Å². The summed E-state index contributed by atoms with van der Waals surface area (Å²) >= 11 is 6.12. The summed E-state index contributed by atoms with van der Waals surface area (Å²) in [6.07, 6.45) is 0.709. The molecule has 1 aromatic carbocycles. The lowest BCUT2D eigenvalue weighted by atomic mass is 9.91. The molecule has 2 nitrogen and oxygen atoms in total. The van der Waals surface area contributed by atoms with Crippen LogP contribution in [0.1, 0.15) is 43.5 Å². The number of hydrogen-bond acceptors (Lipinski definition) is 1. The first kappa shape index (κ1) is 12.4. The maximum atomic E-state index is 13.1. The predicted octanol–water partition coefficient (Wildman–Crippen LogP) is 3.88. The van der Waals surface area contributed by atoms with Crippen LogP contribution in [0, 0.1) is 0 Å². The van der Waals surface area contributed by atoms with E-state index in [1.54, 1.807) is 18.2 Å². The first-order valence-electron chi connectivity index (χ1n) is 5.60. The molecule has 1 N–H and O–H groups in total. The minimum atomic E-state index is -1.06. The average Bonchev–Trinajstić information content (AvgIpc) is 2.97. The molecule has 17 heavy (non-hydrogen) atoms. The average molecular weight is 257 g/mol. The van der Waals surface area contributed by atoms with Crippen LogP contribution < -0.4 is 0 Å². The molecule has 1 aliphatic carbocycles. The van der Waals surface area contributed by atoms with Crippen molar-refractivity contribution in [3.8, 4) is 0 Å². The first-order valence-corrected chi connectivity index (χ1v) is 5.98. The molecule has 0 aliphatic heterocycles. The van der Waals surface area contributed by atoms with Gasteiger partial charge in [0.05, 0.1) is 6.42 Å². The molecule has 2 rings (SSSR count). The van der Waals surface area contributed by atoms with Crippen molar-refractivity contribution in [2.75, 3.05) is 0 Å². The number of carboxylic acid groups (broad SMARTS) is 1. The standard InChI is InChI=1S/C13H14ClFO2/c1-8(15)9-2-3-10(11(14)6-9)13(4-5-13)7-12(16)17/h2-3,6,8H,4-5,7H2,1H3,(H,16,17). The SMILES string of the molecule is CC(F)c1ccc(C2(CC(=O)O)CC2)c(Cl)c1. The van der Waals surface area contributed by atoms with Gasteiger partial charge in [0.2, 0.25) is 0 Å². The van der Waals surface area contributed by atoms with E-state index in [2.05, 4.69) is 0 Å². The highest BCUT2D eigenvalue weighted by Gasteiger charge is 2.47. The van der Waals surface area contributed by atoms with E-state index in [4.69, 9.17) is 16.7 Å². The van der Waals surface area contributed by atoms with Crippen LogP contribution in [-0.4, -0.2) is 11.1 Å². The minimum absolute atomic E-state index is 0.0945. The van der Waals surface area contributed by atoms with Crippen LogP contribution in [0.2, 0.25) is 5.02 Å². The maximum Gasteiger partial charge on any atom is 0.304 e. The molecule has 92 valence electrons. The topological polar surface area (TPSA) is 37.3 Å². The number of carbonyl (C=O) groups is 1. The Morgan fingerprint density at radius 2 is 2.24 bits per heavy atom. The van der Waals surface area contributed by atoms with Gasteiger partial charge in [0.25, 0.3) is 0 Å². The van der Waals surface area contributed by atoms with Crippen molar-refractivity contribution in [1.82, 2.24) is 0 Å². The van der Waals surface area contributed by atoms with Gasteiger partial charge in [-0.15, -0.1) is 0 Å². The maximum absolute atomic E-state index is 13.1. The van der Waals surface area contributed by atoms with Crippen molar-refractivity contribution in [1.29, 1.82) is 0 Å². The largest absolute Gasteiger partial charge is 0.481 e. The van der Waals surface area contributed by atoms with Gasteiger partial charge in [-0.1, -0.05) is 23.7 Å². The fraction of sp³-hybridized carbons (Fsp3) is 0.462. The van der Waals surface area contributed by atoms with Gasteiger partial charge >= 0.3 is 5.97 Å². The number of alkyl halides is 1. The molecule has 1 atom stereocenters. The highest BCUT2D eigenvalue weighted by atomic mass is 35.5. The number of halogens is 2. The molecule has 1 saturated carbocycles. The molecule has 0 spiro atoms. The monoisotopic (exact) mass is 256 g/mol. The van der Waals surface area contributed by atoms with E-state index in [1.165, 1.54) is 6.92 Å². The molecule has 4 heteroatoms. The van der Waals surface area contributed by atoms with Gasteiger partial charge in [-0.05, 0) is 37.0 Å². The van der Waals surface area contributed by atoms with Crippen molar-refractivity contribution in [3.05, 3.63) is 34.3 Å². The summed E-state index contributed by atoms with van der Waals surface area (Å²) < 4.78 is 13.1. The van der Waals surface area contributed by atoms with Gasteiger partial charge in [0.15, 0.2) is 0 Å². The molecule has 1 aliphatic rings. The first-order chi connectivity index (χ1) is 7.94. The lowest BCUT2D eigenvalue weighted by molar-refractivity contribution is -0.137. The second-order valence-corrected chi connectivity index (χ2v) is 5.11. The van der Waals surface area contributed by atoms with Gasteiger partial charge in [0.1, 0.15) is 6.17 Å². The van der Waals surface area contributed by atoms with Gasteiger partial charge in [-0.3, -0.25) is 4.79 Å². The fourth-order valence-corrected chi connectivity index (χ4v) is 2.58. The van der Waals surface area contributed by atoms with E-state index in [0.29, 0.717) is 10.6 Å². The third kappa shape index (κ3) is 2.44. The van der Waals surface area contributed by atoms with E-state index < -0.39 is 12.1 Å². The second-order valence-electron chi connectivity index (χ2n) is 4.71. The van der Waals surface area contributed by atoms with Crippen molar-refractivity contribution in [2.24, 2.45) is 0 Å². The van der Waals surface area contributed by atoms with Crippen LogP contribution in [0.4, 0.5) is 4.39 Å². The number of carboxylic acids is 1. The summed E-state index contributed by atoms with van der Waals surface area (Å²) in [7, 11) is 0. The molecule has 1 unspecified atom stereocenters. The van der Waals surface area contributed by atoms with E-state index in [0.717, 1.165) is 18.4 Å². The third-order valence-electron chi connectivity index (χ3n) is 3.37. The lowest BCUT2D eigenvalue weighted by Crippen LogP contribution is -2.13. The molecule has 0 radical (unpaired) electrons. The molecule has 0 bridgehead atoms. The quantitative estimate of drug-likeness (QED) is 0.888. The Morgan fingerprint density at radius 1 is 1.59 bits per heavy atom. The number of aliphatic carboxylic acids is 1. The van der Waals surface area contributed by atoms with Gasteiger partial charge in [-0.25, -0.2) is 4.39 Å². The van der Waals surface area contributed by atoms with Crippen LogP contribution in [0.5, 0.6) is 0 Å². The molecular formula is C13H14ClFO2. The summed E-state index contributed by atoms with van der Waals surface area (Å²) in [5.74, 6) is -0.818. The summed E-state index contributed by atoms with van der Waals surface area (Å²) in [6, 6.07) is 5.06. The van der Waals surface area contributed by atoms with Crippen molar-refractivity contribution in [2.45, 2.75) is 37.8 Å². The zero-order valence-corrected chi connectivity index (χ0v) is 10.3. The van der Waals surface area contributed by atoms with Crippen LogP contribution in [0.25, 0.3) is 0 Å². The number of rotatable bonds is 4. The predicted molar refractivity (Wildman–Crippen MR) is 64.1 cm³/mol.